The summed E-state index contributed by atoms with van der Waals surface area (Å²) in [4.78, 5) is 37.1. The second-order valence-electron chi connectivity index (χ2n) is 6.41. The lowest BCUT2D eigenvalue weighted by Gasteiger charge is -2.20. The molecule has 0 aliphatic rings. The van der Waals surface area contributed by atoms with Gasteiger partial charge in [0.25, 0.3) is 0 Å². The number of hydrogen-bond donors (Lipinski definition) is 0. The molecular formula is C25H26O7. The van der Waals surface area contributed by atoms with Crippen molar-refractivity contribution >= 4 is 18.1 Å². The van der Waals surface area contributed by atoms with Crippen molar-refractivity contribution in [2.75, 3.05) is 13.2 Å². The van der Waals surface area contributed by atoms with Crippen LogP contribution < -0.4 is 0 Å². The van der Waals surface area contributed by atoms with Crippen molar-refractivity contribution in [2.45, 2.75) is 26.1 Å². The van der Waals surface area contributed by atoms with Gasteiger partial charge in [-0.25, -0.2) is 14.4 Å². The van der Waals surface area contributed by atoms with Gasteiger partial charge in [0.15, 0.2) is 0 Å². The van der Waals surface area contributed by atoms with Crippen LogP contribution in [0.15, 0.2) is 73.8 Å². The molecule has 7 heteroatoms. The lowest BCUT2D eigenvalue weighted by Crippen LogP contribution is -2.18. The molecule has 7 nitrogen and oxygen atoms in total. The number of carbonyl (C=O) groups is 3. The second kappa shape index (κ2) is 12.1. The molecule has 2 unspecified atom stereocenters. The molecule has 0 N–H and O–H groups in total. The minimum atomic E-state index is -1.03. The van der Waals surface area contributed by atoms with Crippen LogP contribution in [0.25, 0.3) is 0 Å². The molecule has 168 valence electrons. The van der Waals surface area contributed by atoms with E-state index in [9.17, 15) is 14.4 Å². The minimum Gasteiger partial charge on any atom is -0.462 e. The van der Waals surface area contributed by atoms with Crippen molar-refractivity contribution in [2.24, 2.45) is 0 Å². The third-order valence-corrected chi connectivity index (χ3v) is 4.40. The van der Waals surface area contributed by atoms with E-state index < -0.39 is 30.3 Å². The van der Waals surface area contributed by atoms with Crippen LogP contribution in [0, 0.1) is 0 Å². The Labute approximate surface area is 187 Å². The molecule has 2 rings (SSSR count). The lowest BCUT2D eigenvalue weighted by molar-refractivity contribution is 0.0187. The number of rotatable bonds is 10. The highest BCUT2D eigenvalue weighted by molar-refractivity contribution is 5.92. The Kier molecular flexibility index (Phi) is 9.22. The molecule has 0 spiro atoms. The average molecular weight is 438 g/mol. The number of hydrogen-bond acceptors (Lipinski definition) is 7. The highest BCUT2D eigenvalue weighted by Gasteiger charge is 2.25. The fourth-order valence-electron chi connectivity index (χ4n) is 2.99. The summed E-state index contributed by atoms with van der Waals surface area (Å²) in [5, 5.41) is 0. The first-order valence-corrected chi connectivity index (χ1v) is 10.1. The molecule has 2 aromatic rings. The molecule has 0 aliphatic heterocycles. The first-order chi connectivity index (χ1) is 15.5. The van der Waals surface area contributed by atoms with Crippen LogP contribution in [0.1, 0.15) is 57.9 Å². The standard InChI is InChI=1S/C25H26O7/c1-5-21(17-13-9-11-15-19(17)23(26)29-7-3)31-25(28)32-22(6-2)18-14-10-12-16-20(18)24(27)30-8-4/h5-6,9-16,21-22H,1-2,7-8H2,3-4H3. The van der Waals surface area contributed by atoms with Crippen LogP contribution in [0.5, 0.6) is 0 Å². The fourth-order valence-corrected chi connectivity index (χ4v) is 2.99. The summed E-state index contributed by atoms with van der Waals surface area (Å²) >= 11 is 0. The molecule has 0 aliphatic carbocycles. The number of ether oxygens (including phenoxy) is 4. The van der Waals surface area contributed by atoms with E-state index in [2.05, 4.69) is 13.2 Å². The molecule has 0 saturated carbocycles. The van der Waals surface area contributed by atoms with Crippen LogP contribution in [0.3, 0.4) is 0 Å². The maximum Gasteiger partial charge on any atom is 0.510 e. The third-order valence-electron chi connectivity index (χ3n) is 4.40. The van der Waals surface area contributed by atoms with E-state index in [-0.39, 0.29) is 24.3 Å². The molecule has 0 bridgehead atoms. The molecule has 0 fully saturated rings. The van der Waals surface area contributed by atoms with Gasteiger partial charge in [-0.05, 0) is 38.1 Å². The van der Waals surface area contributed by atoms with E-state index >= 15 is 0 Å². The predicted octanol–water partition coefficient (Wildman–Crippen LogP) is 5.35. The van der Waals surface area contributed by atoms with Crippen LogP contribution in [0.4, 0.5) is 4.79 Å². The molecule has 2 aromatic carbocycles. The Morgan fingerprint density at radius 3 is 1.47 bits per heavy atom. The monoisotopic (exact) mass is 438 g/mol. The summed E-state index contributed by atoms with van der Waals surface area (Å²) in [5.74, 6) is -1.08. The van der Waals surface area contributed by atoms with Crippen LogP contribution in [-0.2, 0) is 18.9 Å². The summed E-state index contributed by atoms with van der Waals surface area (Å²) < 4.78 is 20.9. The van der Waals surface area contributed by atoms with Crippen molar-refractivity contribution in [3.05, 3.63) is 96.1 Å². The third kappa shape index (κ3) is 6.07. The molecule has 0 radical (unpaired) electrons. The van der Waals surface area contributed by atoms with Crippen molar-refractivity contribution < 1.29 is 33.3 Å². The number of benzene rings is 2. The predicted molar refractivity (Wildman–Crippen MR) is 118 cm³/mol. The van der Waals surface area contributed by atoms with Gasteiger partial charge < -0.3 is 18.9 Å². The quantitative estimate of drug-likeness (QED) is 0.281. The summed E-state index contributed by atoms with van der Waals surface area (Å²) in [6.45, 7) is 11.2. The van der Waals surface area contributed by atoms with E-state index in [1.165, 1.54) is 12.2 Å². The SMILES string of the molecule is C=CC(OC(=O)OC(C=C)c1ccccc1C(=O)OCC)c1ccccc1C(=O)OCC. The normalized spacial score (nSPS) is 12.1. The summed E-state index contributed by atoms with van der Waals surface area (Å²) in [7, 11) is 0. The van der Waals surface area contributed by atoms with Crippen LogP contribution in [0.2, 0.25) is 0 Å². The van der Waals surface area contributed by atoms with Gasteiger partial charge in [-0.15, -0.1) is 0 Å². The van der Waals surface area contributed by atoms with Crippen molar-refractivity contribution in [1.29, 1.82) is 0 Å². The average Bonchev–Trinajstić information content (AvgIpc) is 2.81. The van der Waals surface area contributed by atoms with Crippen molar-refractivity contribution in [3.8, 4) is 0 Å². The van der Waals surface area contributed by atoms with Crippen molar-refractivity contribution in [3.63, 3.8) is 0 Å². The summed E-state index contributed by atoms with van der Waals surface area (Å²) in [6, 6.07) is 13.2. The minimum absolute atomic E-state index is 0.204. The maximum absolute atomic E-state index is 12.6. The highest BCUT2D eigenvalue weighted by atomic mass is 16.7. The molecule has 0 amide bonds. The second-order valence-corrected chi connectivity index (χ2v) is 6.41. The van der Waals surface area contributed by atoms with Gasteiger partial charge in [0, 0.05) is 11.1 Å². The number of esters is 2. The van der Waals surface area contributed by atoms with E-state index in [0.29, 0.717) is 11.1 Å². The van der Waals surface area contributed by atoms with E-state index in [4.69, 9.17) is 18.9 Å². The molecule has 32 heavy (non-hydrogen) atoms. The number of carbonyl (C=O) groups excluding carboxylic acids is 3. The molecule has 2 atom stereocenters. The van der Waals surface area contributed by atoms with Gasteiger partial charge in [0.05, 0.1) is 24.3 Å². The van der Waals surface area contributed by atoms with Gasteiger partial charge >= 0.3 is 18.1 Å². The fraction of sp³-hybridized carbons (Fsp3) is 0.240. The van der Waals surface area contributed by atoms with Gasteiger partial charge in [-0.3, -0.25) is 0 Å². The van der Waals surface area contributed by atoms with Gasteiger partial charge in [-0.2, -0.15) is 0 Å². The Hall–Kier alpha value is -3.87. The Bertz CT molecular complexity index is 902. The molecule has 0 saturated heterocycles. The van der Waals surface area contributed by atoms with E-state index in [1.807, 2.05) is 0 Å². The van der Waals surface area contributed by atoms with Gasteiger partial charge in [0.2, 0.25) is 0 Å². The van der Waals surface area contributed by atoms with Crippen LogP contribution in [-0.4, -0.2) is 31.3 Å². The zero-order chi connectivity index (χ0) is 23.5. The van der Waals surface area contributed by atoms with Crippen molar-refractivity contribution in [1.82, 2.24) is 0 Å². The zero-order valence-corrected chi connectivity index (χ0v) is 18.1. The zero-order valence-electron chi connectivity index (χ0n) is 18.1. The topological polar surface area (TPSA) is 88.1 Å². The summed E-state index contributed by atoms with van der Waals surface area (Å²) in [6.07, 6.45) is -0.219. The van der Waals surface area contributed by atoms with E-state index in [1.54, 1.807) is 62.4 Å². The molecule has 0 aromatic heterocycles. The summed E-state index contributed by atoms with van der Waals surface area (Å²) in [5.41, 5.74) is 1.31. The lowest BCUT2D eigenvalue weighted by atomic mass is 10.0. The smallest absolute Gasteiger partial charge is 0.462 e. The van der Waals surface area contributed by atoms with Gasteiger partial charge in [-0.1, -0.05) is 49.6 Å². The first kappa shape index (κ1) is 24.4. The van der Waals surface area contributed by atoms with Crippen LogP contribution >= 0.6 is 0 Å². The van der Waals surface area contributed by atoms with Gasteiger partial charge in [0.1, 0.15) is 12.2 Å². The maximum atomic E-state index is 12.6. The highest BCUT2D eigenvalue weighted by Crippen LogP contribution is 2.27. The van der Waals surface area contributed by atoms with E-state index in [0.717, 1.165) is 0 Å². The Morgan fingerprint density at radius 2 is 1.12 bits per heavy atom. The Balaban J connectivity index is 2.23. The first-order valence-electron chi connectivity index (χ1n) is 10.1. The molecule has 0 heterocycles. The largest absolute Gasteiger partial charge is 0.510 e. The Morgan fingerprint density at radius 1 is 0.750 bits per heavy atom. The molecular weight excluding hydrogens is 412 g/mol.